The van der Waals surface area contributed by atoms with Crippen molar-refractivity contribution in [1.82, 2.24) is 24.9 Å². The van der Waals surface area contributed by atoms with Crippen molar-refractivity contribution in [2.24, 2.45) is 7.05 Å². The van der Waals surface area contributed by atoms with Crippen molar-refractivity contribution in [2.75, 3.05) is 19.6 Å². The maximum atomic E-state index is 5.32. The first-order valence-corrected chi connectivity index (χ1v) is 6.58. The highest BCUT2D eigenvalue weighted by Gasteiger charge is 2.27. The summed E-state index contributed by atoms with van der Waals surface area (Å²) in [6.45, 7) is 5.62. The number of imidazole rings is 1. The van der Waals surface area contributed by atoms with Crippen LogP contribution in [0.1, 0.15) is 23.3 Å². The molecule has 0 aliphatic carbocycles. The number of piperazine rings is 1. The predicted octanol–water partition coefficient (Wildman–Crippen LogP) is 0.863. The molecule has 0 spiro atoms. The molecule has 1 saturated heterocycles. The standard InChI is InChI=1S/C13H19N5O/c1-10-7-11(19-16-10)9-18-6-3-14-8-12(18)13-15-4-5-17(13)2/h4-5,7,12,14H,3,6,8-9H2,1-2H3. The van der Waals surface area contributed by atoms with E-state index in [4.69, 9.17) is 4.52 Å². The first-order chi connectivity index (χ1) is 9.24. The van der Waals surface area contributed by atoms with E-state index in [0.717, 1.165) is 43.5 Å². The topological polar surface area (TPSA) is 59.1 Å². The number of nitrogens with zero attached hydrogens (tertiary/aromatic N) is 4. The molecule has 0 bridgehead atoms. The smallest absolute Gasteiger partial charge is 0.150 e. The monoisotopic (exact) mass is 261 g/mol. The summed E-state index contributed by atoms with van der Waals surface area (Å²) in [7, 11) is 2.04. The molecule has 3 rings (SSSR count). The lowest BCUT2D eigenvalue weighted by molar-refractivity contribution is 0.130. The highest BCUT2D eigenvalue weighted by Crippen LogP contribution is 2.22. The molecule has 2 aromatic rings. The van der Waals surface area contributed by atoms with Crippen LogP contribution in [0.4, 0.5) is 0 Å². The number of aryl methyl sites for hydroxylation is 2. The number of hydrogen-bond acceptors (Lipinski definition) is 5. The summed E-state index contributed by atoms with van der Waals surface area (Å²) in [6.07, 6.45) is 3.83. The van der Waals surface area contributed by atoms with Gasteiger partial charge in [0.2, 0.25) is 0 Å². The molecule has 19 heavy (non-hydrogen) atoms. The first-order valence-electron chi connectivity index (χ1n) is 6.58. The maximum Gasteiger partial charge on any atom is 0.150 e. The Balaban J connectivity index is 1.79. The fourth-order valence-corrected chi connectivity index (χ4v) is 2.58. The van der Waals surface area contributed by atoms with Gasteiger partial charge in [-0.05, 0) is 6.92 Å². The minimum atomic E-state index is 0.277. The van der Waals surface area contributed by atoms with Crippen LogP contribution in [0.15, 0.2) is 23.0 Å². The van der Waals surface area contributed by atoms with Crippen LogP contribution in [0.3, 0.4) is 0 Å². The minimum Gasteiger partial charge on any atom is -0.360 e. The molecular weight excluding hydrogens is 242 g/mol. The quantitative estimate of drug-likeness (QED) is 0.888. The van der Waals surface area contributed by atoms with Gasteiger partial charge in [-0.3, -0.25) is 4.90 Å². The van der Waals surface area contributed by atoms with E-state index in [2.05, 4.69) is 24.9 Å². The van der Waals surface area contributed by atoms with Gasteiger partial charge in [0, 0.05) is 45.1 Å². The number of nitrogens with one attached hydrogen (secondary N) is 1. The van der Waals surface area contributed by atoms with E-state index >= 15 is 0 Å². The second-order valence-corrected chi connectivity index (χ2v) is 5.02. The summed E-state index contributed by atoms with van der Waals surface area (Å²) < 4.78 is 7.40. The molecule has 1 N–H and O–H groups in total. The fourth-order valence-electron chi connectivity index (χ4n) is 2.58. The third-order valence-corrected chi connectivity index (χ3v) is 3.55. The van der Waals surface area contributed by atoms with Gasteiger partial charge in [-0.25, -0.2) is 4.98 Å². The number of aromatic nitrogens is 3. The van der Waals surface area contributed by atoms with Crippen LogP contribution in [-0.4, -0.2) is 39.2 Å². The van der Waals surface area contributed by atoms with Crippen LogP contribution >= 0.6 is 0 Å². The van der Waals surface area contributed by atoms with E-state index < -0.39 is 0 Å². The molecule has 6 heteroatoms. The third-order valence-electron chi connectivity index (χ3n) is 3.55. The Hall–Kier alpha value is -1.66. The molecule has 1 atom stereocenters. The number of hydrogen-bond donors (Lipinski definition) is 1. The van der Waals surface area contributed by atoms with Crippen LogP contribution in [-0.2, 0) is 13.6 Å². The summed E-state index contributed by atoms with van der Waals surface area (Å²) in [5.74, 6) is 2.00. The maximum absolute atomic E-state index is 5.32. The lowest BCUT2D eigenvalue weighted by atomic mass is 10.1. The Morgan fingerprint density at radius 1 is 1.53 bits per heavy atom. The van der Waals surface area contributed by atoms with Gasteiger partial charge in [-0.1, -0.05) is 5.16 Å². The molecule has 102 valence electrons. The molecule has 0 saturated carbocycles. The lowest BCUT2D eigenvalue weighted by Gasteiger charge is -2.34. The van der Waals surface area contributed by atoms with Gasteiger partial charge in [0.15, 0.2) is 5.76 Å². The molecule has 1 aliphatic rings. The van der Waals surface area contributed by atoms with Crippen molar-refractivity contribution in [3.8, 4) is 0 Å². The summed E-state index contributed by atoms with van der Waals surface area (Å²) in [4.78, 5) is 6.86. The second kappa shape index (κ2) is 5.14. The Labute approximate surface area is 112 Å². The summed E-state index contributed by atoms with van der Waals surface area (Å²) in [5, 5.41) is 7.38. The Bertz CT molecular complexity index is 547. The van der Waals surface area contributed by atoms with E-state index in [1.54, 1.807) is 0 Å². The Morgan fingerprint density at radius 3 is 3.11 bits per heavy atom. The van der Waals surface area contributed by atoms with Crippen LogP contribution < -0.4 is 5.32 Å². The molecular formula is C13H19N5O. The molecule has 1 unspecified atom stereocenters. The summed E-state index contributed by atoms with van der Waals surface area (Å²) in [5.41, 5.74) is 0.929. The molecule has 1 fully saturated rings. The van der Waals surface area contributed by atoms with Gasteiger partial charge in [0.1, 0.15) is 5.82 Å². The molecule has 0 radical (unpaired) electrons. The Kier molecular flexibility index (Phi) is 3.35. The predicted molar refractivity (Wildman–Crippen MR) is 70.5 cm³/mol. The average molecular weight is 261 g/mol. The van der Waals surface area contributed by atoms with Gasteiger partial charge >= 0.3 is 0 Å². The fraction of sp³-hybridized carbons (Fsp3) is 0.538. The van der Waals surface area contributed by atoms with Crippen molar-refractivity contribution in [2.45, 2.75) is 19.5 Å². The number of rotatable bonds is 3. The third kappa shape index (κ3) is 2.54. The SMILES string of the molecule is Cc1cc(CN2CCNCC2c2nccn2C)on1. The summed E-state index contributed by atoms with van der Waals surface area (Å²) >= 11 is 0. The highest BCUT2D eigenvalue weighted by atomic mass is 16.5. The molecule has 6 nitrogen and oxygen atoms in total. The molecule has 2 aromatic heterocycles. The minimum absolute atomic E-state index is 0.277. The van der Waals surface area contributed by atoms with Gasteiger partial charge in [-0.15, -0.1) is 0 Å². The molecule has 0 aromatic carbocycles. The summed E-state index contributed by atoms with van der Waals surface area (Å²) in [6, 6.07) is 2.27. The Morgan fingerprint density at radius 2 is 2.42 bits per heavy atom. The first kappa shape index (κ1) is 12.4. The van der Waals surface area contributed by atoms with Crippen molar-refractivity contribution >= 4 is 0 Å². The van der Waals surface area contributed by atoms with Gasteiger partial charge in [0.05, 0.1) is 18.3 Å². The zero-order chi connectivity index (χ0) is 13.2. The molecule has 0 amide bonds. The van der Waals surface area contributed by atoms with Crippen molar-refractivity contribution < 1.29 is 4.52 Å². The van der Waals surface area contributed by atoms with E-state index in [1.165, 1.54) is 0 Å². The van der Waals surface area contributed by atoms with E-state index in [-0.39, 0.29) is 6.04 Å². The average Bonchev–Trinajstić information content (AvgIpc) is 2.99. The van der Waals surface area contributed by atoms with Crippen LogP contribution in [0.25, 0.3) is 0 Å². The van der Waals surface area contributed by atoms with Crippen LogP contribution in [0, 0.1) is 6.92 Å². The second-order valence-electron chi connectivity index (χ2n) is 5.02. The van der Waals surface area contributed by atoms with Gasteiger partial charge in [-0.2, -0.15) is 0 Å². The van der Waals surface area contributed by atoms with Crippen molar-refractivity contribution in [3.05, 3.63) is 35.7 Å². The molecule has 3 heterocycles. The van der Waals surface area contributed by atoms with E-state index in [0.29, 0.717) is 0 Å². The van der Waals surface area contributed by atoms with Crippen LogP contribution in [0.2, 0.25) is 0 Å². The van der Waals surface area contributed by atoms with Crippen molar-refractivity contribution in [3.63, 3.8) is 0 Å². The van der Waals surface area contributed by atoms with Gasteiger partial charge < -0.3 is 14.4 Å². The van der Waals surface area contributed by atoms with E-state index in [9.17, 15) is 0 Å². The largest absolute Gasteiger partial charge is 0.360 e. The lowest BCUT2D eigenvalue weighted by Crippen LogP contribution is -2.46. The van der Waals surface area contributed by atoms with E-state index in [1.807, 2.05) is 32.4 Å². The zero-order valence-corrected chi connectivity index (χ0v) is 11.3. The van der Waals surface area contributed by atoms with Gasteiger partial charge in [0.25, 0.3) is 0 Å². The zero-order valence-electron chi connectivity index (χ0n) is 11.3. The normalized spacial score (nSPS) is 20.8. The molecule has 1 aliphatic heterocycles. The van der Waals surface area contributed by atoms with Crippen molar-refractivity contribution in [1.29, 1.82) is 0 Å². The highest BCUT2D eigenvalue weighted by molar-refractivity contribution is 5.06. The van der Waals surface area contributed by atoms with Crippen LogP contribution in [0.5, 0.6) is 0 Å².